The van der Waals surface area contributed by atoms with Crippen molar-refractivity contribution >= 4 is 21.8 Å². The van der Waals surface area contributed by atoms with E-state index in [1.54, 1.807) is 30.8 Å². The second kappa shape index (κ2) is 6.94. The number of benzene rings is 1. The van der Waals surface area contributed by atoms with Crippen LogP contribution in [0.25, 0.3) is 0 Å². The molecule has 1 rings (SSSR count). The SMILES string of the molecule is CCSCC(C)NS(=O)(=O)c1cc(C#N)ccc1C. The summed E-state index contributed by atoms with van der Waals surface area (Å²) in [6.07, 6.45) is 0. The van der Waals surface area contributed by atoms with Gasteiger partial charge in [-0.05, 0) is 37.3 Å². The van der Waals surface area contributed by atoms with Gasteiger partial charge in [0, 0.05) is 11.8 Å². The maximum Gasteiger partial charge on any atom is 0.241 e. The van der Waals surface area contributed by atoms with Gasteiger partial charge in [0.15, 0.2) is 0 Å². The topological polar surface area (TPSA) is 70.0 Å². The molecule has 0 heterocycles. The molecule has 1 aromatic carbocycles. The van der Waals surface area contributed by atoms with Crippen molar-refractivity contribution in [3.8, 4) is 6.07 Å². The third kappa shape index (κ3) is 4.53. The van der Waals surface area contributed by atoms with Crippen molar-refractivity contribution in [3.63, 3.8) is 0 Å². The molecule has 0 fully saturated rings. The number of aryl methyl sites for hydroxylation is 1. The summed E-state index contributed by atoms with van der Waals surface area (Å²) in [5.74, 6) is 1.68. The zero-order valence-corrected chi connectivity index (χ0v) is 12.9. The van der Waals surface area contributed by atoms with Crippen LogP contribution in [0.15, 0.2) is 23.1 Å². The highest BCUT2D eigenvalue weighted by Gasteiger charge is 2.19. The van der Waals surface area contributed by atoms with E-state index < -0.39 is 10.0 Å². The summed E-state index contributed by atoms with van der Waals surface area (Å²) in [4.78, 5) is 0.180. The van der Waals surface area contributed by atoms with E-state index in [2.05, 4.69) is 4.72 Å². The van der Waals surface area contributed by atoms with Crippen molar-refractivity contribution in [1.29, 1.82) is 5.26 Å². The predicted molar refractivity (Wildman–Crippen MR) is 78.7 cm³/mol. The van der Waals surface area contributed by atoms with Crippen molar-refractivity contribution < 1.29 is 8.42 Å². The highest BCUT2D eigenvalue weighted by atomic mass is 32.2. The first-order valence-corrected chi connectivity index (χ1v) is 8.65. The van der Waals surface area contributed by atoms with Crippen LogP contribution in [-0.2, 0) is 10.0 Å². The van der Waals surface area contributed by atoms with Gasteiger partial charge in [-0.2, -0.15) is 17.0 Å². The van der Waals surface area contributed by atoms with Crippen LogP contribution in [0.1, 0.15) is 25.0 Å². The minimum atomic E-state index is -3.57. The van der Waals surface area contributed by atoms with Crippen LogP contribution in [-0.4, -0.2) is 26.0 Å². The summed E-state index contributed by atoms with van der Waals surface area (Å²) in [5, 5.41) is 8.85. The Morgan fingerprint density at radius 3 is 2.74 bits per heavy atom. The molecule has 0 bridgehead atoms. The summed E-state index contributed by atoms with van der Waals surface area (Å²) in [5.41, 5.74) is 0.989. The fourth-order valence-corrected chi connectivity index (χ4v) is 3.91. The van der Waals surface area contributed by atoms with Gasteiger partial charge in [0.25, 0.3) is 0 Å². The van der Waals surface area contributed by atoms with Crippen LogP contribution in [0.4, 0.5) is 0 Å². The number of thioether (sulfide) groups is 1. The maximum absolute atomic E-state index is 12.3. The molecular weight excluding hydrogens is 280 g/mol. The first kappa shape index (κ1) is 16.0. The molecule has 0 spiro atoms. The number of sulfonamides is 1. The van der Waals surface area contributed by atoms with E-state index in [9.17, 15) is 8.42 Å². The van der Waals surface area contributed by atoms with Crippen molar-refractivity contribution in [2.24, 2.45) is 0 Å². The lowest BCUT2D eigenvalue weighted by Gasteiger charge is -2.15. The number of rotatable bonds is 6. The molecule has 0 aliphatic rings. The van der Waals surface area contributed by atoms with Crippen LogP contribution >= 0.6 is 11.8 Å². The zero-order chi connectivity index (χ0) is 14.5. The monoisotopic (exact) mass is 298 g/mol. The summed E-state index contributed by atoms with van der Waals surface area (Å²) < 4.78 is 27.2. The van der Waals surface area contributed by atoms with Crippen LogP contribution in [0, 0.1) is 18.3 Å². The number of hydrogen-bond donors (Lipinski definition) is 1. The maximum atomic E-state index is 12.3. The summed E-state index contributed by atoms with van der Waals surface area (Å²) >= 11 is 1.68. The molecule has 0 saturated heterocycles. The average molecular weight is 298 g/mol. The van der Waals surface area contributed by atoms with Crippen molar-refractivity contribution in [2.45, 2.75) is 31.7 Å². The van der Waals surface area contributed by atoms with Crippen LogP contribution in [0.5, 0.6) is 0 Å². The Morgan fingerprint density at radius 1 is 1.47 bits per heavy atom. The molecular formula is C13H18N2O2S2. The molecule has 19 heavy (non-hydrogen) atoms. The Morgan fingerprint density at radius 2 is 2.16 bits per heavy atom. The Kier molecular flexibility index (Phi) is 5.85. The molecule has 4 nitrogen and oxygen atoms in total. The van der Waals surface area contributed by atoms with Gasteiger partial charge in [-0.3, -0.25) is 0 Å². The summed E-state index contributed by atoms with van der Waals surface area (Å²) in [6, 6.07) is 6.50. The number of nitriles is 1. The highest BCUT2D eigenvalue weighted by molar-refractivity contribution is 7.99. The van der Waals surface area contributed by atoms with E-state index in [0.29, 0.717) is 11.1 Å². The highest BCUT2D eigenvalue weighted by Crippen LogP contribution is 2.17. The van der Waals surface area contributed by atoms with Gasteiger partial charge in [0.05, 0.1) is 16.5 Å². The van der Waals surface area contributed by atoms with E-state index in [4.69, 9.17) is 5.26 Å². The second-order valence-electron chi connectivity index (χ2n) is 4.27. The number of nitrogens with one attached hydrogen (secondary N) is 1. The largest absolute Gasteiger partial charge is 0.241 e. The first-order chi connectivity index (χ1) is 8.90. The van der Waals surface area contributed by atoms with Crippen LogP contribution < -0.4 is 4.72 Å². The smallest absolute Gasteiger partial charge is 0.208 e. The second-order valence-corrected chi connectivity index (χ2v) is 7.28. The summed E-state index contributed by atoms with van der Waals surface area (Å²) in [6.45, 7) is 5.59. The van der Waals surface area contributed by atoms with Gasteiger partial charge in [-0.1, -0.05) is 13.0 Å². The third-order valence-electron chi connectivity index (χ3n) is 2.54. The fourth-order valence-electron chi connectivity index (χ4n) is 1.62. The van der Waals surface area contributed by atoms with Crippen molar-refractivity contribution in [1.82, 2.24) is 4.72 Å². The van der Waals surface area contributed by atoms with E-state index in [1.807, 2.05) is 19.9 Å². The Labute approximate surface area is 119 Å². The molecule has 1 N–H and O–H groups in total. The normalized spacial score (nSPS) is 12.9. The minimum Gasteiger partial charge on any atom is -0.208 e. The van der Waals surface area contributed by atoms with E-state index in [1.165, 1.54) is 6.07 Å². The van der Waals surface area contributed by atoms with E-state index in [0.717, 1.165) is 11.5 Å². The number of nitrogens with zero attached hydrogens (tertiary/aromatic N) is 1. The zero-order valence-electron chi connectivity index (χ0n) is 11.3. The molecule has 0 amide bonds. The van der Waals surface area contributed by atoms with Crippen molar-refractivity contribution in [3.05, 3.63) is 29.3 Å². The standard InChI is InChI=1S/C13H18N2O2S2/c1-4-18-9-11(3)15-19(16,17)13-7-12(8-14)6-5-10(13)2/h5-7,11,15H,4,9H2,1-3H3. The molecule has 1 aromatic rings. The first-order valence-electron chi connectivity index (χ1n) is 6.01. The van der Waals surface area contributed by atoms with Crippen LogP contribution in [0.2, 0.25) is 0 Å². The molecule has 1 unspecified atom stereocenters. The molecule has 0 aromatic heterocycles. The Hall–Kier alpha value is -1.03. The summed E-state index contributed by atoms with van der Waals surface area (Å²) in [7, 11) is -3.57. The molecule has 0 aliphatic heterocycles. The molecule has 6 heteroatoms. The van der Waals surface area contributed by atoms with Gasteiger partial charge in [0.1, 0.15) is 0 Å². The third-order valence-corrected chi connectivity index (χ3v) is 5.41. The van der Waals surface area contributed by atoms with E-state index in [-0.39, 0.29) is 10.9 Å². The Bertz CT molecular complexity index is 577. The van der Waals surface area contributed by atoms with Crippen LogP contribution in [0.3, 0.4) is 0 Å². The minimum absolute atomic E-state index is 0.139. The van der Waals surface area contributed by atoms with Gasteiger partial charge >= 0.3 is 0 Å². The molecule has 0 aliphatic carbocycles. The lowest BCUT2D eigenvalue weighted by atomic mass is 10.2. The molecule has 1 atom stereocenters. The molecule has 104 valence electrons. The Balaban J connectivity index is 2.97. The quantitative estimate of drug-likeness (QED) is 0.874. The van der Waals surface area contributed by atoms with Crippen molar-refractivity contribution in [2.75, 3.05) is 11.5 Å². The van der Waals surface area contributed by atoms with Gasteiger partial charge in [-0.25, -0.2) is 13.1 Å². The fraction of sp³-hybridized carbons (Fsp3) is 0.462. The molecule has 0 saturated carbocycles. The van der Waals surface area contributed by atoms with Gasteiger partial charge in [-0.15, -0.1) is 0 Å². The lowest BCUT2D eigenvalue weighted by Crippen LogP contribution is -2.34. The van der Waals surface area contributed by atoms with Gasteiger partial charge < -0.3 is 0 Å². The molecule has 0 radical (unpaired) electrons. The predicted octanol–water partition coefficient (Wildman–Crippen LogP) is 2.29. The average Bonchev–Trinajstić information content (AvgIpc) is 2.36. The lowest BCUT2D eigenvalue weighted by molar-refractivity contribution is 0.570. The number of hydrogen-bond acceptors (Lipinski definition) is 4. The van der Waals surface area contributed by atoms with Gasteiger partial charge in [0.2, 0.25) is 10.0 Å². The van der Waals surface area contributed by atoms with E-state index >= 15 is 0 Å².